The summed E-state index contributed by atoms with van der Waals surface area (Å²) < 4.78 is 5.83. The molecule has 3 rings (SSSR count). The van der Waals surface area contributed by atoms with E-state index >= 15 is 0 Å². The molecule has 1 aromatic heterocycles. The van der Waals surface area contributed by atoms with Crippen LogP contribution in [0.5, 0.6) is 11.5 Å². The number of ether oxygens (including phenoxy) is 1. The number of hydrogen-bond donors (Lipinski definition) is 2. The number of hydrogen-bond acceptors (Lipinski definition) is 7. The van der Waals surface area contributed by atoms with Gasteiger partial charge >= 0.3 is 5.69 Å². The van der Waals surface area contributed by atoms with Crippen LogP contribution in [0.2, 0.25) is 0 Å². The number of amides is 1. The third kappa shape index (κ3) is 5.77. The molecule has 9 nitrogen and oxygen atoms in total. The summed E-state index contributed by atoms with van der Waals surface area (Å²) in [4.78, 5) is 28.0. The Balaban J connectivity index is 1.61. The molecule has 0 aliphatic heterocycles. The van der Waals surface area contributed by atoms with Crippen molar-refractivity contribution < 1.29 is 14.5 Å². The normalized spacial score (nSPS) is 11.5. The molecule has 0 radical (unpaired) electrons. The molecule has 1 atom stereocenters. The number of carbonyl (C=O) groups is 1. The van der Waals surface area contributed by atoms with Crippen molar-refractivity contribution in [3.8, 4) is 11.5 Å². The number of nitrogens with two attached hydrogens (primary N) is 1. The first-order valence-corrected chi connectivity index (χ1v) is 9.53. The van der Waals surface area contributed by atoms with Gasteiger partial charge in [-0.15, -0.1) is 0 Å². The van der Waals surface area contributed by atoms with Gasteiger partial charge in [-0.1, -0.05) is 12.1 Å². The Bertz CT molecular complexity index is 1050. The van der Waals surface area contributed by atoms with Crippen molar-refractivity contribution >= 4 is 23.1 Å². The number of anilines is 2. The number of benzene rings is 2. The van der Waals surface area contributed by atoms with Gasteiger partial charge in [0.2, 0.25) is 11.7 Å². The average molecular weight is 421 g/mol. The van der Waals surface area contributed by atoms with Crippen molar-refractivity contribution in [2.45, 2.75) is 12.5 Å². The Morgan fingerprint density at radius 1 is 1.13 bits per heavy atom. The Morgan fingerprint density at radius 3 is 2.32 bits per heavy atom. The Morgan fingerprint density at radius 2 is 1.74 bits per heavy atom. The number of pyridine rings is 1. The summed E-state index contributed by atoms with van der Waals surface area (Å²) in [6.07, 6.45) is 1.93. The van der Waals surface area contributed by atoms with Crippen LogP contribution in [-0.4, -0.2) is 40.9 Å². The van der Waals surface area contributed by atoms with E-state index in [1.165, 1.54) is 23.2 Å². The van der Waals surface area contributed by atoms with Crippen molar-refractivity contribution in [2.75, 3.05) is 19.4 Å². The molecule has 0 aliphatic rings. The molecule has 31 heavy (non-hydrogen) atoms. The van der Waals surface area contributed by atoms with Gasteiger partial charge in [0.05, 0.1) is 11.0 Å². The van der Waals surface area contributed by atoms with E-state index in [-0.39, 0.29) is 17.4 Å². The molecule has 0 aliphatic carbocycles. The lowest BCUT2D eigenvalue weighted by Crippen LogP contribution is -2.41. The maximum absolute atomic E-state index is 11.9. The lowest BCUT2D eigenvalue weighted by molar-refractivity contribution is -0.384. The lowest BCUT2D eigenvalue weighted by atomic mass is 10.1. The summed E-state index contributed by atoms with van der Waals surface area (Å²) in [5.74, 6) is 1.29. The Kier molecular flexibility index (Phi) is 6.78. The van der Waals surface area contributed by atoms with Crippen molar-refractivity contribution in [3.63, 3.8) is 0 Å². The van der Waals surface area contributed by atoms with Crippen LogP contribution in [0.1, 0.15) is 5.56 Å². The van der Waals surface area contributed by atoms with Crippen LogP contribution in [0, 0.1) is 10.1 Å². The number of nitrogens with zero attached hydrogens (tertiary/aromatic N) is 3. The van der Waals surface area contributed by atoms with Crippen LogP contribution in [0.15, 0.2) is 66.9 Å². The van der Waals surface area contributed by atoms with Gasteiger partial charge in [0.15, 0.2) is 0 Å². The molecule has 1 amide bonds. The average Bonchev–Trinajstić information content (AvgIpc) is 2.76. The van der Waals surface area contributed by atoms with E-state index in [2.05, 4.69) is 10.3 Å². The second kappa shape index (κ2) is 9.68. The van der Waals surface area contributed by atoms with E-state index in [0.29, 0.717) is 23.6 Å². The zero-order valence-corrected chi connectivity index (χ0v) is 17.2. The summed E-state index contributed by atoms with van der Waals surface area (Å²) in [5, 5.41) is 14.0. The van der Waals surface area contributed by atoms with E-state index in [1.807, 2.05) is 24.3 Å². The summed E-state index contributed by atoms with van der Waals surface area (Å²) in [5.41, 5.74) is 7.41. The number of rotatable bonds is 8. The van der Waals surface area contributed by atoms with Gasteiger partial charge in [-0.25, -0.2) is 4.98 Å². The van der Waals surface area contributed by atoms with E-state index < -0.39 is 11.0 Å². The van der Waals surface area contributed by atoms with Crippen molar-refractivity contribution in [3.05, 3.63) is 82.5 Å². The van der Waals surface area contributed by atoms with E-state index in [9.17, 15) is 14.9 Å². The largest absolute Gasteiger partial charge is 0.457 e. The second-order valence-corrected chi connectivity index (χ2v) is 7.07. The van der Waals surface area contributed by atoms with Gasteiger partial charge in [-0.3, -0.25) is 14.9 Å². The molecule has 0 bridgehead atoms. The predicted molar refractivity (Wildman–Crippen MR) is 118 cm³/mol. The molecule has 3 aromatic rings. The van der Waals surface area contributed by atoms with E-state index in [1.54, 1.807) is 38.4 Å². The first kappa shape index (κ1) is 21.7. The second-order valence-electron chi connectivity index (χ2n) is 7.07. The highest BCUT2D eigenvalue weighted by Gasteiger charge is 2.16. The molecule has 160 valence electrons. The van der Waals surface area contributed by atoms with Gasteiger partial charge in [0.1, 0.15) is 11.5 Å². The smallest absolute Gasteiger partial charge is 0.311 e. The molecule has 0 saturated heterocycles. The molecule has 0 saturated carbocycles. The van der Waals surface area contributed by atoms with Gasteiger partial charge < -0.3 is 20.7 Å². The minimum Gasteiger partial charge on any atom is -0.457 e. The van der Waals surface area contributed by atoms with Crippen LogP contribution in [-0.2, 0) is 11.2 Å². The maximum Gasteiger partial charge on any atom is 0.311 e. The minimum absolute atomic E-state index is 0.102. The van der Waals surface area contributed by atoms with Gasteiger partial charge in [-0.05, 0) is 54.4 Å². The fourth-order valence-corrected chi connectivity index (χ4v) is 2.89. The van der Waals surface area contributed by atoms with Gasteiger partial charge in [0.25, 0.3) is 0 Å². The molecule has 0 fully saturated rings. The zero-order valence-electron chi connectivity index (χ0n) is 17.2. The standard InChI is InChI=1S/C22H23N5O4/c1-26(2)22(28)19(23)14-15-5-9-17(10-6-15)31-18-11-7-16(8-12-18)25-21-20(27(29)30)4-3-13-24-21/h3-13,19H,14,23H2,1-2H3,(H,24,25)/t19-/m0/s1. The number of nitrogens with one attached hydrogen (secondary N) is 1. The summed E-state index contributed by atoms with van der Waals surface area (Å²) in [7, 11) is 3.36. The highest BCUT2D eigenvalue weighted by Crippen LogP contribution is 2.27. The minimum atomic E-state index is -0.586. The summed E-state index contributed by atoms with van der Waals surface area (Å²) >= 11 is 0. The Hall–Kier alpha value is -3.98. The first-order chi connectivity index (χ1) is 14.8. The molecule has 0 unspecified atom stereocenters. The number of nitro groups is 1. The molecular weight excluding hydrogens is 398 g/mol. The first-order valence-electron chi connectivity index (χ1n) is 9.53. The molecule has 2 aromatic carbocycles. The maximum atomic E-state index is 11.9. The topological polar surface area (TPSA) is 124 Å². The number of likely N-dealkylation sites (N-methyl/N-ethyl adjacent to an activating group) is 1. The monoisotopic (exact) mass is 421 g/mol. The quantitative estimate of drug-likeness (QED) is 0.421. The van der Waals surface area contributed by atoms with Crippen LogP contribution in [0.25, 0.3) is 0 Å². The number of aromatic nitrogens is 1. The predicted octanol–water partition coefficient (Wildman–Crippen LogP) is 3.48. The molecule has 1 heterocycles. The molecular formula is C22H23N5O4. The van der Waals surface area contributed by atoms with Crippen LogP contribution >= 0.6 is 0 Å². The third-order valence-corrected chi connectivity index (χ3v) is 4.47. The number of carbonyl (C=O) groups excluding carboxylic acids is 1. The van der Waals surface area contributed by atoms with Crippen LogP contribution < -0.4 is 15.8 Å². The molecule has 3 N–H and O–H groups in total. The van der Waals surface area contributed by atoms with E-state index in [4.69, 9.17) is 10.5 Å². The summed E-state index contributed by atoms with van der Waals surface area (Å²) in [6.45, 7) is 0. The van der Waals surface area contributed by atoms with Crippen LogP contribution in [0.4, 0.5) is 17.2 Å². The summed E-state index contributed by atoms with van der Waals surface area (Å²) in [6, 6.07) is 16.7. The fraction of sp³-hybridized carbons (Fsp3) is 0.182. The van der Waals surface area contributed by atoms with Crippen molar-refractivity contribution in [1.29, 1.82) is 0 Å². The highest BCUT2D eigenvalue weighted by molar-refractivity contribution is 5.81. The fourth-order valence-electron chi connectivity index (χ4n) is 2.89. The zero-order chi connectivity index (χ0) is 22.4. The van der Waals surface area contributed by atoms with Gasteiger partial charge in [-0.2, -0.15) is 0 Å². The Labute approximate surface area is 179 Å². The highest BCUT2D eigenvalue weighted by atomic mass is 16.6. The van der Waals surface area contributed by atoms with Crippen molar-refractivity contribution in [1.82, 2.24) is 9.88 Å². The SMILES string of the molecule is CN(C)C(=O)[C@@H](N)Cc1ccc(Oc2ccc(Nc3ncccc3[N+](=O)[O-])cc2)cc1. The third-order valence-electron chi connectivity index (χ3n) is 4.47. The molecule has 0 spiro atoms. The van der Waals surface area contributed by atoms with E-state index in [0.717, 1.165) is 5.56 Å². The van der Waals surface area contributed by atoms with Crippen LogP contribution in [0.3, 0.4) is 0 Å². The van der Waals surface area contributed by atoms with Gasteiger partial charge in [0, 0.05) is 32.0 Å². The lowest BCUT2D eigenvalue weighted by Gasteiger charge is -2.16. The van der Waals surface area contributed by atoms with Crippen molar-refractivity contribution in [2.24, 2.45) is 5.73 Å². The molecule has 9 heteroatoms.